The van der Waals surface area contributed by atoms with E-state index >= 15 is 0 Å². The molecule has 0 radical (unpaired) electrons. The van der Waals surface area contributed by atoms with Crippen molar-refractivity contribution in [3.63, 3.8) is 0 Å². The molecule has 1 aliphatic carbocycles. The van der Waals surface area contributed by atoms with Crippen molar-refractivity contribution in [1.29, 1.82) is 0 Å². The lowest BCUT2D eigenvalue weighted by molar-refractivity contribution is 0.00578. The van der Waals surface area contributed by atoms with Gasteiger partial charge in [-0.15, -0.1) is 0 Å². The van der Waals surface area contributed by atoms with Gasteiger partial charge in [-0.05, 0) is 71.0 Å². The van der Waals surface area contributed by atoms with Crippen LogP contribution < -0.4 is 5.46 Å². The van der Waals surface area contributed by atoms with Crippen LogP contribution in [-0.4, -0.2) is 27.9 Å². The predicted molar refractivity (Wildman–Crippen MR) is 92.9 cm³/mol. The average Bonchev–Trinajstić information content (AvgIpc) is 3.17. The Hall–Kier alpha value is -1.33. The van der Waals surface area contributed by atoms with Crippen molar-refractivity contribution in [3.8, 4) is 0 Å². The summed E-state index contributed by atoms with van der Waals surface area (Å²) < 4.78 is 14.7. The Labute approximate surface area is 138 Å². The van der Waals surface area contributed by atoms with Gasteiger partial charge in [-0.2, -0.15) is 0 Å². The van der Waals surface area contributed by atoms with Gasteiger partial charge in [0.05, 0.1) is 22.2 Å². The topological polar surface area (TPSA) is 36.3 Å². The van der Waals surface area contributed by atoms with Crippen molar-refractivity contribution in [2.45, 2.75) is 65.2 Å². The Morgan fingerprint density at radius 2 is 1.83 bits per heavy atom. The molecule has 1 aliphatic heterocycles. The molecule has 0 atom stereocenters. The SMILES string of the molecule is Cc1nc2ccc(B3OC(C)(C)C(C)(C)O3)cc2n1CC1CC1. The molecule has 1 aromatic carbocycles. The maximum Gasteiger partial charge on any atom is 0.494 e. The molecule has 1 aromatic heterocycles. The van der Waals surface area contributed by atoms with Crippen LogP contribution >= 0.6 is 0 Å². The van der Waals surface area contributed by atoms with E-state index in [1.165, 1.54) is 18.4 Å². The van der Waals surface area contributed by atoms with Gasteiger partial charge in [0.2, 0.25) is 0 Å². The van der Waals surface area contributed by atoms with E-state index in [0.717, 1.165) is 29.3 Å². The first-order chi connectivity index (χ1) is 10.8. The van der Waals surface area contributed by atoms with Crippen LogP contribution in [0.25, 0.3) is 11.0 Å². The summed E-state index contributed by atoms with van der Waals surface area (Å²) >= 11 is 0. The fraction of sp³-hybridized carbons (Fsp3) is 0.611. The van der Waals surface area contributed by atoms with Gasteiger partial charge in [0, 0.05) is 6.54 Å². The van der Waals surface area contributed by atoms with Gasteiger partial charge in [0.15, 0.2) is 0 Å². The zero-order valence-corrected chi connectivity index (χ0v) is 14.7. The maximum atomic E-state index is 6.19. The molecule has 4 rings (SSSR count). The second-order valence-corrected chi connectivity index (χ2v) is 8.05. The number of fused-ring (bicyclic) bond motifs is 1. The number of hydrogen-bond donors (Lipinski definition) is 0. The number of aryl methyl sites for hydroxylation is 1. The first-order valence-corrected chi connectivity index (χ1v) is 8.59. The van der Waals surface area contributed by atoms with E-state index in [0.29, 0.717) is 0 Å². The molecule has 0 unspecified atom stereocenters. The Morgan fingerprint density at radius 1 is 1.17 bits per heavy atom. The number of imidazole rings is 1. The maximum absolute atomic E-state index is 6.19. The fourth-order valence-corrected chi connectivity index (χ4v) is 3.18. The van der Waals surface area contributed by atoms with Crippen LogP contribution in [0.5, 0.6) is 0 Å². The van der Waals surface area contributed by atoms with Crippen molar-refractivity contribution in [2.24, 2.45) is 5.92 Å². The molecule has 122 valence electrons. The van der Waals surface area contributed by atoms with E-state index in [4.69, 9.17) is 14.3 Å². The quantitative estimate of drug-likeness (QED) is 0.817. The van der Waals surface area contributed by atoms with Crippen LogP contribution in [0.15, 0.2) is 18.2 Å². The molecule has 23 heavy (non-hydrogen) atoms. The normalized spacial score (nSPS) is 22.9. The van der Waals surface area contributed by atoms with Gasteiger partial charge in [-0.25, -0.2) is 4.98 Å². The molecule has 1 saturated heterocycles. The van der Waals surface area contributed by atoms with Gasteiger partial charge in [0.1, 0.15) is 5.82 Å². The van der Waals surface area contributed by atoms with Gasteiger partial charge in [0.25, 0.3) is 0 Å². The first kappa shape index (κ1) is 15.2. The number of hydrogen-bond acceptors (Lipinski definition) is 3. The number of aromatic nitrogens is 2. The molecule has 2 aromatic rings. The summed E-state index contributed by atoms with van der Waals surface area (Å²) in [7, 11) is -0.311. The van der Waals surface area contributed by atoms with Crippen LogP contribution in [0.1, 0.15) is 46.4 Å². The van der Waals surface area contributed by atoms with Gasteiger partial charge in [-0.1, -0.05) is 6.07 Å². The Bertz CT molecular complexity index is 746. The molecular formula is C18H25BN2O2. The molecule has 0 amide bonds. The van der Waals surface area contributed by atoms with Crippen LogP contribution in [-0.2, 0) is 15.9 Å². The second kappa shape index (κ2) is 4.84. The molecular weight excluding hydrogens is 287 g/mol. The minimum atomic E-state index is -0.311. The summed E-state index contributed by atoms with van der Waals surface area (Å²) in [6.45, 7) is 11.5. The third-order valence-electron chi connectivity index (χ3n) is 5.63. The molecule has 0 spiro atoms. The predicted octanol–water partition coefficient (Wildman–Crippen LogP) is 3.05. The number of nitrogens with zero attached hydrogens (tertiary/aromatic N) is 2. The standard InChI is InChI=1S/C18H25BN2O2/c1-12-20-15-9-8-14(10-16(15)21(12)11-13-6-7-13)19-22-17(2,3)18(4,5)23-19/h8-10,13H,6-7,11H2,1-5H3. The smallest absolute Gasteiger partial charge is 0.399 e. The fourth-order valence-electron chi connectivity index (χ4n) is 3.18. The Balaban J connectivity index is 1.71. The first-order valence-electron chi connectivity index (χ1n) is 8.59. The zero-order chi connectivity index (χ0) is 16.4. The summed E-state index contributed by atoms with van der Waals surface area (Å²) in [5.41, 5.74) is 2.71. The molecule has 0 bridgehead atoms. The highest BCUT2D eigenvalue weighted by molar-refractivity contribution is 6.62. The molecule has 4 nitrogen and oxygen atoms in total. The largest absolute Gasteiger partial charge is 0.494 e. The van der Waals surface area contributed by atoms with E-state index in [-0.39, 0.29) is 18.3 Å². The van der Waals surface area contributed by atoms with Crippen molar-refractivity contribution in [3.05, 3.63) is 24.0 Å². The third kappa shape index (κ3) is 2.50. The molecule has 2 fully saturated rings. The highest BCUT2D eigenvalue weighted by Crippen LogP contribution is 2.37. The summed E-state index contributed by atoms with van der Waals surface area (Å²) in [6.07, 6.45) is 2.69. The van der Waals surface area contributed by atoms with E-state index in [9.17, 15) is 0 Å². The third-order valence-corrected chi connectivity index (χ3v) is 5.63. The van der Waals surface area contributed by atoms with Gasteiger partial charge in [-0.3, -0.25) is 0 Å². The van der Waals surface area contributed by atoms with Crippen LogP contribution in [0.2, 0.25) is 0 Å². The van der Waals surface area contributed by atoms with Gasteiger partial charge >= 0.3 is 7.12 Å². The lowest BCUT2D eigenvalue weighted by atomic mass is 9.79. The van der Waals surface area contributed by atoms with Crippen LogP contribution in [0.4, 0.5) is 0 Å². The van der Waals surface area contributed by atoms with Crippen LogP contribution in [0, 0.1) is 12.8 Å². The lowest BCUT2D eigenvalue weighted by Crippen LogP contribution is -2.41. The van der Waals surface area contributed by atoms with Crippen molar-refractivity contribution >= 4 is 23.6 Å². The van der Waals surface area contributed by atoms with Crippen molar-refractivity contribution in [2.75, 3.05) is 0 Å². The van der Waals surface area contributed by atoms with E-state index in [1.54, 1.807) is 0 Å². The number of rotatable bonds is 3. The molecule has 0 N–H and O–H groups in total. The Kier molecular flexibility index (Phi) is 3.20. The average molecular weight is 312 g/mol. The molecule has 2 aliphatic rings. The lowest BCUT2D eigenvalue weighted by Gasteiger charge is -2.32. The van der Waals surface area contributed by atoms with E-state index in [2.05, 4.69) is 57.4 Å². The monoisotopic (exact) mass is 312 g/mol. The molecule has 2 heterocycles. The zero-order valence-electron chi connectivity index (χ0n) is 14.7. The van der Waals surface area contributed by atoms with E-state index < -0.39 is 0 Å². The molecule has 5 heteroatoms. The summed E-state index contributed by atoms with van der Waals surface area (Å²) in [4.78, 5) is 4.70. The molecule has 1 saturated carbocycles. The van der Waals surface area contributed by atoms with Crippen molar-refractivity contribution < 1.29 is 9.31 Å². The van der Waals surface area contributed by atoms with E-state index in [1.807, 2.05) is 0 Å². The summed E-state index contributed by atoms with van der Waals surface area (Å²) in [5, 5.41) is 0. The minimum absolute atomic E-state index is 0.309. The van der Waals surface area contributed by atoms with Crippen LogP contribution in [0.3, 0.4) is 0 Å². The summed E-state index contributed by atoms with van der Waals surface area (Å²) in [5.74, 6) is 1.92. The Morgan fingerprint density at radius 3 is 2.43 bits per heavy atom. The highest BCUT2D eigenvalue weighted by atomic mass is 16.7. The van der Waals surface area contributed by atoms with Crippen molar-refractivity contribution in [1.82, 2.24) is 9.55 Å². The second-order valence-electron chi connectivity index (χ2n) is 8.05. The highest BCUT2D eigenvalue weighted by Gasteiger charge is 2.51. The van der Waals surface area contributed by atoms with Gasteiger partial charge < -0.3 is 13.9 Å². The minimum Gasteiger partial charge on any atom is -0.399 e. The number of benzene rings is 1. The summed E-state index contributed by atoms with van der Waals surface area (Å²) in [6, 6.07) is 6.37.